The minimum Gasteiger partial charge on any atom is -0.268 e. The minimum absolute atomic E-state index is 0.278. The Morgan fingerprint density at radius 2 is 1.43 bits per heavy atom. The molecule has 0 saturated heterocycles. The Balaban J connectivity index is 1.83. The molecule has 0 aromatic heterocycles. The molecule has 0 saturated carbocycles. The summed E-state index contributed by atoms with van der Waals surface area (Å²) in [4.78, 5) is 29.3. The van der Waals surface area contributed by atoms with Crippen molar-refractivity contribution in [2.45, 2.75) is 18.7 Å². The largest absolute Gasteiger partial charge is 0.272 e. The predicted molar refractivity (Wildman–Crippen MR) is 114 cm³/mol. The molecule has 0 spiro atoms. The maximum absolute atomic E-state index is 13.3. The van der Waals surface area contributed by atoms with Gasteiger partial charge in [-0.15, -0.1) is 0 Å². The van der Waals surface area contributed by atoms with Crippen molar-refractivity contribution in [1.29, 1.82) is 0 Å². The van der Waals surface area contributed by atoms with Crippen LogP contribution in [0.3, 0.4) is 0 Å². The number of aryl methyl sites for hydroxylation is 2. The van der Waals surface area contributed by atoms with Crippen molar-refractivity contribution in [1.82, 2.24) is 0 Å². The van der Waals surface area contributed by atoms with Crippen LogP contribution in [0.15, 0.2) is 88.7 Å². The second-order valence-electron chi connectivity index (χ2n) is 6.77. The first-order valence-corrected chi connectivity index (χ1v) is 9.86. The molecule has 4 heteroatoms. The van der Waals surface area contributed by atoms with Gasteiger partial charge in [-0.3, -0.25) is 9.59 Å². The maximum Gasteiger partial charge on any atom is 0.272 e. The molecule has 0 fully saturated rings. The van der Waals surface area contributed by atoms with Crippen LogP contribution in [-0.4, -0.2) is 11.8 Å². The number of hydrogen-bond acceptors (Lipinski definition) is 3. The van der Waals surface area contributed by atoms with Crippen molar-refractivity contribution in [3.05, 3.63) is 100 Å². The van der Waals surface area contributed by atoms with Crippen molar-refractivity contribution >= 4 is 34.8 Å². The lowest BCUT2D eigenvalue weighted by Crippen LogP contribution is -2.31. The Labute approximate surface area is 168 Å². The lowest BCUT2D eigenvalue weighted by molar-refractivity contribution is -0.119. The predicted octanol–water partition coefficient (Wildman–Crippen LogP) is 5.38. The van der Waals surface area contributed by atoms with E-state index in [1.807, 2.05) is 86.6 Å². The number of anilines is 1. The zero-order chi connectivity index (χ0) is 19.7. The summed E-state index contributed by atoms with van der Waals surface area (Å²) in [5.74, 6) is -0.557. The van der Waals surface area contributed by atoms with Gasteiger partial charge in [-0.25, -0.2) is 4.90 Å². The van der Waals surface area contributed by atoms with Crippen molar-refractivity contribution in [2.75, 3.05) is 4.90 Å². The van der Waals surface area contributed by atoms with Gasteiger partial charge >= 0.3 is 0 Å². The molecule has 4 rings (SSSR count). The van der Waals surface area contributed by atoms with Crippen molar-refractivity contribution < 1.29 is 9.59 Å². The summed E-state index contributed by atoms with van der Waals surface area (Å²) in [5.41, 5.74) is 3.93. The fourth-order valence-electron chi connectivity index (χ4n) is 3.19. The summed E-state index contributed by atoms with van der Waals surface area (Å²) < 4.78 is 0. The first-order valence-electron chi connectivity index (χ1n) is 9.04. The number of thioether (sulfide) groups is 1. The molecule has 28 heavy (non-hydrogen) atoms. The normalized spacial score (nSPS) is 14.1. The van der Waals surface area contributed by atoms with E-state index < -0.39 is 0 Å². The van der Waals surface area contributed by atoms with E-state index in [4.69, 9.17) is 0 Å². The van der Waals surface area contributed by atoms with Crippen molar-refractivity contribution in [2.24, 2.45) is 0 Å². The number of carbonyl (C=O) groups excluding carboxylic acids is 2. The van der Waals surface area contributed by atoms with Crippen LogP contribution < -0.4 is 4.90 Å². The Morgan fingerprint density at radius 3 is 2.11 bits per heavy atom. The molecule has 0 radical (unpaired) electrons. The van der Waals surface area contributed by atoms with Gasteiger partial charge in [0.05, 0.1) is 16.2 Å². The van der Waals surface area contributed by atoms with Crippen LogP contribution >= 0.6 is 11.8 Å². The number of hydrogen-bond donors (Lipinski definition) is 0. The maximum atomic E-state index is 13.3. The fourth-order valence-corrected chi connectivity index (χ4v) is 4.20. The molecule has 3 nitrogen and oxygen atoms in total. The Kier molecular flexibility index (Phi) is 4.88. The summed E-state index contributed by atoms with van der Waals surface area (Å²) in [7, 11) is 0. The molecule has 0 atom stereocenters. The van der Waals surface area contributed by atoms with Gasteiger partial charge in [-0.2, -0.15) is 0 Å². The highest BCUT2D eigenvalue weighted by Gasteiger charge is 2.40. The zero-order valence-corrected chi connectivity index (χ0v) is 16.5. The lowest BCUT2D eigenvalue weighted by atomic mass is 10.0. The number of amides is 2. The van der Waals surface area contributed by atoms with Crippen LogP contribution in [0.1, 0.15) is 16.7 Å². The van der Waals surface area contributed by atoms with E-state index in [9.17, 15) is 9.59 Å². The quantitative estimate of drug-likeness (QED) is 0.566. The van der Waals surface area contributed by atoms with Gasteiger partial charge in [0, 0.05) is 4.90 Å². The third kappa shape index (κ3) is 3.39. The second-order valence-corrected chi connectivity index (χ2v) is 7.85. The average Bonchev–Trinajstić information content (AvgIpc) is 2.93. The van der Waals surface area contributed by atoms with Gasteiger partial charge < -0.3 is 0 Å². The average molecular weight is 385 g/mol. The van der Waals surface area contributed by atoms with E-state index in [-0.39, 0.29) is 11.8 Å². The smallest absolute Gasteiger partial charge is 0.268 e. The van der Waals surface area contributed by atoms with Gasteiger partial charge in [0.25, 0.3) is 11.8 Å². The molecular weight excluding hydrogens is 366 g/mol. The van der Waals surface area contributed by atoms with Crippen LogP contribution in [0.5, 0.6) is 0 Å². The first-order chi connectivity index (χ1) is 13.5. The Morgan fingerprint density at radius 1 is 0.714 bits per heavy atom. The third-order valence-electron chi connectivity index (χ3n) is 4.60. The van der Waals surface area contributed by atoms with Crippen molar-refractivity contribution in [3.8, 4) is 0 Å². The molecular formula is C24H19NO2S. The van der Waals surface area contributed by atoms with E-state index in [0.717, 1.165) is 21.6 Å². The summed E-state index contributed by atoms with van der Waals surface area (Å²) in [6.45, 7) is 3.95. The molecule has 1 aliphatic rings. The molecule has 1 heterocycles. The van der Waals surface area contributed by atoms with Crippen LogP contribution in [0.4, 0.5) is 5.69 Å². The molecule has 2 amide bonds. The molecule has 3 aromatic carbocycles. The standard InChI is InChI=1S/C24H19NO2S/c1-16-11-13-18(14-12-16)21-22(28-20-9-4-3-5-10-20)24(27)25(23(21)26)19-8-6-7-17(2)15-19/h3-15H,1-2H3. The van der Waals surface area contributed by atoms with E-state index in [1.54, 1.807) is 6.07 Å². The molecule has 0 bridgehead atoms. The second kappa shape index (κ2) is 7.49. The summed E-state index contributed by atoms with van der Waals surface area (Å²) >= 11 is 1.34. The summed E-state index contributed by atoms with van der Waals surface area (Å²) in [5, 5.41) is 0. The van der Waals surface area contributed by atoms with Gasteiger partial charge in [0.2, 0.25) is 0 Å². The zero-order valence-electron chi connectivity index (χ0n) is 15.7. The summed E-state index contributed by atoms with van der Waals surface area (Å²) in [6.07, 6.45) is 0. The van der Waals surface area contributed by atoms with Gasteiger partial charge in [0.15, 0.2) is 0 Å². The molecule has 3 aromatic rings. The van der Waals surface area contributed by atoms with Crippen LogP contribution in [0.25, 0.3) is 5.57 Å². The number of imide groups is 1. The highest BCUT2D eigenvalue weighted by atomic mass is 32.2. The Bertz CT molecular complexity index is 1090. The summed E-state index contributed by atoms with van der Waals surface area (Å²) in [6, 6.07) is 24.9. The Hall–Kier alpha value is -3.11. The number of benzene rings is 3. The monoisotopic (exact) mass is 385 g/mol. The number of carbonyl (C=O) groups is 2. The van der Waals surface area contributed by atoms with E-state index in [2.05, 4.69) is 0 Å². The van der Waals surface area contributed by atoms with E-state index in [1.165, 1.54) is 16.7 Å². The van der Waals surface area contributed by atoms with Crippen LogP contribution in [-0.2, 0) is 9.59 Å². The fraction of sp³-hybridized carbons (Fsp3) is 0.0833. The van der Waals surface area contributed by atoms with Crippen molar-refractivity contribution in [3.63, 3.8) is 0 Å². The number of rotatable bonds is 4. The highest BCUT2D eigenvalue weighted by molar-refractivity contribution is 8.04. The third-order valence-corrected chi connectivity index (χ3v) is 5.70. The molecule has 138 valence electrons. The SMILES string of the molecule is Cc1ccc(C2=C(Sc3ccccc3)C(=O)N(c3cccc(C)c3)C2=O)cc1. The minimum atomic E-state index is -0.280. The van der Waals surface area contributed by atoms with E-state index in [0.29, 0.717) is 16.2 Å². The first kappa shape index (κ1) is 18.3. The van der Waals surface area contributed by atoms with Gasteiger partial charge in [-0.05, 0) is 49.2 Å². The topological polar surface area (TPSA) is 37.4 Å². The van der Waals surface area contributed by atoms with Crippen LogP contribution in [0, 0.1) is 13.8 Å². The van der Waals surface area contributed by atoms with Gasteiger partial charge in [0.1, 0.15) is 0 Å². The molecule has 0 aliphatic carbocycles. The van der Waals surface area contributed by atoms with E-state index >= 15 is 0 Å². The highest BCUT2D eigenvalue weighted by Crippen LogP contribution is 2.41. The van der Waals surface area contributed by atoms with Gasteiger partial charge in [-0.1, -0.05) is 71.9 Å². The number of nitrogens with zero attached hydrogens (tertiary/aromatic N) is 1. The molecule has 1 aliphatic heterocycles. The molecule has 0 unspecified atom stereocenters. The molecule has 0 N–H and O–H groups in total. The van der Waals surface area contributed by atoms with Crippen LogP contribution in [0.2, 0.25) is 0 Å². The lowest BCUT2D eigenvalue weighted by Gasteiger charge is -2.15.